The van der Waals surface area contributed by atoms with Gasteiger partial charge in [0.2, 0.25) is 0 Å². The van der Waals surface area contributed by atoms with E-state index in [1.165, 1.54) is 0 Å². The number of nitrogens with zero attached hydrogens (tertiary/aromatic N) is 3. The third-order valence-corrected chi connectivity index (χ3v) is 3.33. The van der Waals surface area contributed by atoms with Crippen LogP contribution in [-0.2, 0) is 6.54 Å². The van der Waals surface area contributed by atoms with Crippen molar-refractivity contribution in [1.29, 1.82) is 0 Å². The first-order chi connectivity index (χ1) is 8.15. The lowest BCUT2D eigenvalue weighted by atomic mass is 10.1. The number of aryl methyl sites for hydroxylation is 2. The molecule has 0 radical (unpaired) electrons. The number of amides is 1. The summed E-state index contributed by atoms with van der Waals surface area (Å²) in [5.74, 6) is 0.543. The molecule has 2 rings (SSSR count). The predicted octanol–water partition coefficient (Wildman–Crippen LogP) is 0.632. The Morgan fingerprint density at radius 2 is 2.41 bits per heavy atom. The van der Waals surface area contributed by atoms with E-state index >= 15 is 0 Å². The second-order valence-electron chi connectivity index (χ2n) is 4.63. The smallest absolute Gasteiger partial charge is 0.272 e. The van der Waals surface area contributed by atoms with Gasteiger partial charge in [-0.3, -0.25) is 9.48 Å². The quantitative estimate of drug-likeness (QED) is 0.837. The lowest BCUT2D eigenvalue weighted by molar-refractivity contribution is 0.0775. The van der Waals surface area contributed by atoms with Crippen molar-refractivity contribution < 1.29 is 4.79 Å². The highest BCUT2D eigenvalue weighted by molar-refractivity contribution is 5.92. The topological polar surface area (TPSA) is 64.2 Å². The van der Waals surface area contributed by atoms with Crippen molar-refractivity contribution >= 4 is 5.91 Å². The van der Waals surface area contributed by atoms with E-state index in [4.69, 9.17) is 5.73 Å². The van der Waals surface area contributed by atoms with E-state index in [-0.39, 0.29) is 5.91 Å². The Bertz CT molecular complexity index is 413. The molecule has 0 spiro atoms. The van der Waals surface area contributed by atoms with E-state index in [1.807, 2.05) is 24.8 Å². The van der Waals surface area contributed by atoms with Gasteiger partial charge in [0.15, 0.2) is 0 Å². The first kappa shape index (κ1) is 12.1. The van der Waals surface area contributed by atoms with Crippen LogP contribution in [0.2, 0.25) is 0 Å². The van der Waals surface area contributed by atoms with Crippen LogP contribution < -0.4 is 5.73 Å². The van der Waals surface area contributed by atoms with Crippen molar-refractivity contribution in [2.45, 2.75) is 26.8 Å². The zero-order chi connectivity index (χ0) is 12.4. The maximum atomic E-state index is 12.3. The average Bonchev–Trinajstić information content (AvgIpc) is 2.93. The van der Waals surface area contributed by atoms with Gasteiger partial charge >= 0.3 is 0 Å². The van der Waals surface area contributed by atoms with Crippen molar-refractivity contribution in [3.63, 3.8) is 0 Å². The Hall–Kier alpha value is -1.36. The SMILES string of the molecule is CCn1nc(C)cc1C(=O)N1CCC(CN)C1. The summed E-state index contributed by atoms with van der Waals surface area (Å²) in [5, 5.41) is 4.31. The average molecular weight is 236 g/mol. The zero-order valence-electron chi connectivity index (χ0n) is 10.5. The summed E-state index contributed by atoms with van der Waals surface area (Å²) in [7, 11) is 0. The normalized spacial score (nSPS) is 19.9. The summed E-state index contributed by atoms with van der Waals surface area (Å²) >= 11 is 0. The van der Waals surface area contributed by atoms with Crippen LogP contribution in [0.1, 0.15) is 29.5 Å². The Morgan fingerprint density at radius 3 is 3.00 bits per heavy atom. The van der Waals surface area contributed by atoms with Crippen molar-refractivity contribution in [1.82, 2.24) is 14.7 Å². The number of rotatable bonds is 3. The van der Waals surface area contributed by atoms with Crippen LogP contribution in [-0.4, -0.2) is 40.2 Å². The van der Waals surface area contributed by atoms with Gasteiger partial charge in [0.1, 0.15) is 5.69 Å². The third-order valence-electron chi connectivity index (χ3n) is 3.33. The number of likely N-dealkylation sites (tertiary alicyclic amines) is 1. The monoisotopic (exact) mass is 236 g/mol. The second-order valence-corrected chi connectivity index (χ2v) is 4.63. The minimum absolute atomic E-state index is 0.0865. The molecule has 1 aliphatic heterocycles. The van der Waals surface area contributed by atoms with Gasteiger partial charge < -0.3 is 10.6 Å². The molecule has 1 fully saturated rings. The first-order valence-corrected chi connectivity index (χ1v) is 6.19. The van der Waals surface area contributed by atoms with Crippen LogP contribution in [0.5, 0.6) is 0 Å². The van der Waals surface area contributed by atoms with Crippen molar-refractivity contribution in [2.24, 2.45) is 11.7 Å². The molecule has 1 atom stereocenters. The zero-order valence-corrected chi connectivity index (χ0v) is 10.5. The Kier molecular flexibility index (Phi) is 3.47. The molecule has 1 saturated heterocycles. The van der Waals surface area contributed by atoms with Crippen LogP contribution in [0, 0.1) is 12.8 Å². The first-order valence-electron chi connectivity index (χ1n) is 6.19. The Morgan fingerprint density at radius 1 is 1.65 bits per heavy atom. The molecule has 0 aromatic carbocycles. The largest absolute Gasteiger partial charge is 0.337 e. The molecule has 2 heterocycles. The van der Waals surface area contributed by atoms with E-state index in [1.54, 1.807) is 4.68 Å². The predicted molar refractivity (Wildman–Crippen MR) is 65.7 cm³/mol. The number of hydrogen-bond donors (Lipinski definition) is 1. The lowest BCUT2D eigenvalue weighted by Crippen LogP contribution is -2.31. The fourth-order valence-corrected chi connectivity index (χ4v) is 2.33. The van der Waals surface area contributed by atoms with Gasteiger partial charge in [-0.2, -0.15) is 5.10 Å². The van der Waals surface area contributed by atoms with E-state index in [2.05, 4.69) is 5.10 Å². The molecule has 1 aromatic heterocycles. The summed E-state index contributed by atoms with van der Waals surface area (Å²) in [6, 6.07) is 1.86. The van der Waals surface area contributed by atoms with Gasteiger partial charge in [0, 0.05) is 19.6 Å². The molecule has 1 aliphatic rings. The van der Waals surface area contributed by atoms with Crippen LogP contribution in [0.4, 0.5) is 0 Å². The van der Waals surface area contributed by atoms with Crippen LogP contribution in [0.3, 0.4) is 0 Å². The number of carbonyl (C=O) groups is 1. The van der Waals surface area contributed by atoms with Crippen LogP contribution in [0.15, 0.2) is 6.07 Å². The minimum atomic E-state index is 0.0865. The molecular weight excluding hydrogens is 216 g/mol. The summed E-state index contributed by atoms with van der Waals surface area (Å²) in [4.78, 5) is 14.2. The van der Waals surface area contributed by atoms with Crippen LogP contribution >= 0.6 is 0 Å². The molecule has 1 unspecified atom stereocenters. The van der Waals surface area contributed by atoms with E-state index in [9.17, 15) is 4.79 Å². The fraction of sp³-hybridized carbons (Fsp3) is 0.667. The maximum absolute atomic E-state index is 12.3. The number of nitrogens with two attached hydrogens (primary N) is 1. The highest BCUT2D eigenvalue weighted by atomic mass is 16.2. The minimum Gasteiger partial charge on any atom is -0.337 e. The molecule has 94 valence electrons. The van der Waals surface area contributed by atoms with E-state index < -0.39 is 0 Å². The molecule has 5 nitrogen and oxygen atoms in total. The molecule has 17 heavy (non-hydrogen) atoms. The molecule has 0 saturated carbocycles. The van der Waals surface area contributed by atoms with Gasteiger partial charge in [-0.05, 0) is 38.8 Å². The van der Waals surface area contributed by atoms with E-state index in [0.717, 1.165) is 31.7 Å². The molecule has 1 amide bonds. The van der Waals surface area contributed by atoms with Crippen molar-refractivity contribution in [3.05, 3.63) is 17.5 Å². The highest BCUT2D eigenvalue weighted by Crippen LogP contribution is 2.18. The Balaban J connectivity index is 2.14. The summed E-state index contributed by atoms with van der Waals surface area (Å²) < 4.78 is 1.77. The maximum Gasteiger partial charge on any atom is 0.272 e. The summed E-state index contributed by atoms with van der Waals surface area (Å²) in [6.45, 7) is 6.89. The van der Waals surface area contributed by atoms with Gasteiger partial charge in [-0.15, -0.1) is 0 Å². The van der Waals surface area contributed by atoms with Crippen molar-refractivity contribution in [3.8, 4) is 0 Å². The molecule has 2 N–H and O–H groups in total. The number of aromatic nitrogens is 2. The third kappa shape index (κ3) is 2.34. The fourth-order valence-electron chi connectivity index (χ4n) is 2.33. The summed E-state index contributed by atoms with van der Waals surface area (Å²) in [6.07, 6.45) is 1.02. The molecular formula is C12H20N4O. The van der Waals surface area contributed by atoms with Gasteiger partial charge in [0.25, 0.3) is 5.91 Å². The standard InChI is InChI=1S/C12H20N4O/c1-3-16-11(6-9(2)14-16)12(17)15-5-4-10(7-13)8-15/h6,10H,3-5,7-8,13H2,1-2H3. The van der Waals surface area contributed by atoms with Crippen LogP contribution in [0.25, 0.3) is 0 Å². The van der Waals surface area contributed by atoms with Gasteiger partial charge in [0.05, 0.1) is 5.69 Å². The van der Waals surface area contributed by atoms with Gasteiger partial charge in [-0.1, -0.05) is 0 Å². The lowest BCUT2D eigenvalue weighted by Gasteiger charge is -2.16. The van der Waals surface area contributed by atoms with E-state index in [0.29, 0.717) is 18.2 Å². The molecule has 1 aromatic rings. The molecule has 0 bridgehead atoms. The highest BCUT2D eigenvalue weighted by Gasteiger charge is 2.27. The molecule has 0 aliphatic carbocycles. The Labute approximate surface area is 102 Å². The second kappa shape index (κ2) is 4.87. The summed E-state index contributed by atoms with van der Waals surface area (Å²) in [5.41, 5.74) is 7.23. The van der Waals surface area contributed by atoms with Crippen molar-refractivity contribution in [2.75, 3.05) is 19.6 Å². The number of carbonyl (C=O) groups excluding carboxylic acids is 1. The molecule has 5 heteroatoms. The van der Waals surface area contributed by atoms with Gasteiger partial charge in [-0.25, -0.2) is 0 Å². The number of hydrogen-bond acceptors (Lipinski definition) is 3.